The molecule has 0 N–H and O–H groups in total. The van der Waals surface area contributed by atoms with Gasteiger partial charge in [0.05, 0.1) is 27.2 Å². The summed E-state index contributed by atoms with van der Waals surface area (Å²) in [5.74, 6) is 0.0445. The van der Waals surface area contributed by atoms with Crippen molar-refractivity contribution in [1.29, 1.82) is 0 Å². The molecule has 0 fully saturated rings. The Morgan fingerprint density at radius 3 is 2.46 bits per heavy atom. The smallest absolute Gasteiger partial charge is 0.317 e. The molecule has 24 heavy (non-hydrogen) atoms. The van der Waals surface area contributed by atoms with Crippen molar-refractivity contribution in [2.45, 2.75) is 18.3 Å². The number of hydrogen-bond acceptors (Lipinski definition) is 5. The summed E-state index contributed by atoms with van der Waals surface area (Å²) in [6, 6.07) is 7.44. The Labute approximate surface area is 141 Å². The molecule has 1 aromatic rings. The minimum absolute atomic E-state index is 0.121. The van der Waals surface area contributed by atoms with E-state index in [0.717, 1.165) is 11.3 Å². The molecule has 1 aliphatic heterocycles. The summed E-state index contributed by atoms with van der Waals surface area (Å²) < 4.78 is 16.0. The summed E-state index contributed by atoms with van der Waals surface area (Å²) in [5.41, 5.74) is 0.414. The summed E-state index contributed by atoms with van der Waals surface area (Å²) >= 11 is 0. The summed E-state index contributed by atoms with van der Waals surface area (Å²) in [6.45, 7) is 0. The van der Waals surface area contributed by atoms with Crippen molar-refractivity contribution in [2.75, 3.05) is 33.3 Å². The van der Waals surface area contributed by atoms with Crippen LogP contribution in [0, 0.1) is 5.92 Å². The lowest BCUT2D eigenvalue weighted by atomic mass is 9.60. The monoisotopic (exact) mass is 331 g/mol. The summed E-state index contributed by atoms with van der Waals surface area (Å²) in [6.07, 6.45) is 0.535. The third-order valence-electron chi connectivity index (χ3n) is 5.15. The van der Waals surface area contributed by atoms with Gasteiger partial charge in [-0.05, 0) is 11.6 Å². The molecule has 6 heteroatoms. The number of carbonyl (C=O) groups excluding carboxylic acids is 2. The maximum atomic E-state index is 13.0. The minimum Gasteiger partial charge on any atom is -0.498 e. The van der Waals surface area contributed by atoms with Crippen LogP contribution in [-0.4, -0.2) is 40.3 Å². The molecule has 0 unspecified atom stereocenters. The predicted octanol–water partition coefficient (Wildman–Crippen LogP) is 1.99. The summed E-state index contributed by atoms with van der Waals surface area (Å²) in [5, 5.41) is 0. The zero-order chi connectivity index (χ0) is 17.5. The van der Waals surface area contributed by atoms with Crippen LogP contribution in [0.15, 0.2) is 35.8 Å². The molecule has 0 aromatic heterocycles. The zero-order valence-corrected chi connectivity index (χ0v) is 14.3. The Bertz CT molecular complexity index is 726. The minimum atomic E-state index is -1.09. The number of hydrogen-bond donors (Lipinski definition) is 0. The van der Waals surface area contributed by atoms with E-state index < -0.39 is 17.3 Å². The molecule has 6 nitrogen and oxygen atoms in total. The molecule has 0 saturated carbocycles. The Morgan fingerprint density at radius 2 is 1.83 bits per heavy atom. The molecule has 0 radical (unpaired) electrons. The molecule has 1 aromatic carbocycles. The van der Waals surface area contributed by atoms with E-state index in [2.05, 4.69) is 0 Å². The van der Waals surface area contributed by atoms with Gasteiger partial charge in [-0.15, -0.1) is 0 Å². The quantitative estimate of drug-likeness (QED) is 0.793. The van der Waals surface area contributed by atoms with Gasteiger partial charge in [0.25, 0.3) is 0 Å². The van der Waals surface area contributed by atoms with Crippen molar-refractivity contribution in [3.8, 4) is 0 Å². The number of amides is 1. The van der Waals surface area contributed by atoms with Crippen LogP contribution in [0.1, 0.15) is 18.4 Å². The Hall–Kier alpha value is -2.50. The van der Waals surface area contributed by atoms with E-state index in [0.29, 0.717) is 17.9 Å². The number of benzene rings is 1. The molecule has 128 valence electrons. The number of fused-ring (bicyclic) bond motifs is 3. The lowest BCUT2D eigenvalue weighted by molar-refractivity contribution is -0.154. The fourth-order valence-electron chi connectivity index (χ4n) is 3.92. The van der Waals surface area contributed by atoms with Crippen LogP contribution >= 0.6 is 0 Å². The maximum absolute atomic E-state index is 13.0. The van der Waals surface area contributed by atoms with Gasteiger partial charge in [-0.1, -0.05) is 18.2 Å². The number of methoxy groups -OCH3 is 3. The van der Waals surface area contributed by atoms with Gasteiger partial charge in [-0.2, -0.15) is 0 Å². The first-order valence-electron chi connectivity index (χ1n) is 7.76. The van der Waals surface area contributed by atoms with E-state index in [-0.39, 0.29) is 12.3 Å². The second-order valence-corrected chi connectivity index (χ2v) is 6.07. The van der Waals surface area contributed by atoms with Gasteiger partial charge in [-0.25, -0.2) is 0 Å². The van der Waals surface area contributed by atoms with E-state index in [1.165, 1.54) is 7.11 Å². The van der Waals surface area contributed by atoms with Gasteiger partial charge in [0.1, 0.15) is 16.9 Å². The van der Waals surface area contributed by atoms with Crippen LogP contribution in [-0.2, 0) is 29.2 Å². The van der Waals surface area contributed by atoms with Gasteiger partial charge in [0, 0.05) is 25.6 Å². The number of esters is 1. The molecule has 1 aliphatic carbocycles. The Morgan fingerprint density at radius 1 is 1.17 bits per heavy atom. The van der Waals surface area contributed by atoms with E-state index in [1.807, 2.05) is 24.3 Å². The van der Waals surface area contributed by atoms with E-state index >= 15 is 0 Å². The van der Waals surface area contributed by atoms with Gasteiger partial charge >= 0.3 is 5.97 Å². The Kier molecular flexibility index (Phi) is 3.99. The Balaban J connectivity index is 2.29. The number of carbonyl (C=O) groups is 2. The third-order valence-corrected chi connectivity index (χ3v) is 5.15. The predicted molar refractivity (Wildman–Crippen MR) is 87.3 cm³/mol. The highest BCUT2D eigenvalue weighted by Crippen LogP contribution is 2.53. The van der Waals surface area contributed by atoms with E-state index in [4.69, 9.17) is 14.2 Å². The van der Waals surface area contributed by atoms with E-state index in [1.54, 1.807) is 26.2 Å². The highest BCUT2D eigenvalue weighted by Gasteiger charge is 2.59. The molecule has 3 rings (SSSR count). The maximum Gasteiger partial charge on any atom is 0.317 e. The van der Waals surface area contributed by atoms with Crippen LogP contribution in [0.3, 0.4) is 0 Å². The molecule has 2 aliphatic rings. The summed E-state index contributed by atoms with van der Waals surface area (Å²) in [4.78, 5) is 27.5. The molecule has 0 bridgehead atoms. The third kappa shape index (κ3) is 2.02. The van der Waals surface area contributed by atoms with Crippen LogP contribution in [0.2, 0.25) is 0 Å². The highest BCUT2D eigenvalue weighted by atomic mass is 16.5. The van der Waals surface area contributed by atoms with Crippen molar-refractivity contribution in [2.24, 2.45) is 5.92 Å². The van der Waals surface area contributed by atoms with Crippen molar-refractivity contribution in [3.05, 3.63) is 41.3 Å². The van der Waals surface area contributed by atoms with Crippen molar-refractivity contribution in [3.63, 3.8) is 0 Å². The largest absolute Gasteiger partial charge is 0.498 e. The average Bonchev–Trinajstić information content (AvgIpc) is 2.64. The van der Waals surface area contributed by atoms with Crippen molar-refractivity contribution >= 4 is 17.6 Å². The SMILES string of the molecule is COC(=O)[C@@]12CC(OC)=C(OC)C[C@@H]1C(=O)N(C)c1ccccc12. The topological polar surface area (TPSA) is 65.1 Å². The molecule has 0 saturated heterocycles. The lowest BCUT2D eigenvalue weighted by Crippen LogP contribution is -2.57. The van der Waals surface area contributed by atoms with E-state index in [9.17, 15) is 9.59 Å². The number of ether oxygens (including phenoxy) is 3. The first-order valence-corrected chi connectivity index (χ1v) is 7.76. The van der Waals surface area contributed by atoms with Crippen LogP contribution in [0.4, 0.5) is 5.69 Å². The second kappa shape index (κ2) is 5.85. The van der Waals surface area contributed by atoms with Gasteiger partial charge in [0.15, 0.2) is 0 Å². The number of allylic oxidation sites excluding steroid dienone is 2. The van der Waals surface area contributed by atoms with Crippen molar-refractivity contribution < 1.29 is 23.8 Å². The number of nitrogens with zero attached hydrogens (tertiary/aromatic N) is 1. The first kappa shape index (κ1) is 16.4. The fourth-order valence-corrected chi connectivity index (χ4v) is 3.92. The molecule has 1 heterocycles. The second-order valence-electron chi connectivity index (χ2n) is 6.07. The van der Waals surface area contributed by atoms with Gasteiger partial charge < -0.3 is 19.1 Å². The lowest BCUT2D eigenvalue weighted by Gasteiger charge is -2.47. The van der Waals surface area contributed by atoms with Crippen molar-refractivity contribution in [1.82, 2.24) is 0 Å². The molecule has 0 spiro atoms. The standard InChI is InChI=1S/C18H21NO5/c1-19-13-8-6-5-7-11(13)18(17(21)24-4)10-15(23-3)14(22-2)9-12(18)16(19)20/h5-8,12H,9-10H2,1-4H3/t12-,18-/m1/s1. The normalized spacial score (nSPS) is 25.8. The number of rotatable bonds is 3. The molecular weight excluding hydrogens is 310 g/mol. The molecule has 1 amide bonds. The molecular formula is C18H21NO5. The number of para-hydroxylation sites is 1. The zero-order valence-electron chi connectivity index (χ0n) is 14.3. The number of anilines is 1. The highest BCUT2D eigenvalue weighted by molar-refractivity contribution is 6.05. The summed E-state index contributed by atoms with van der Waals surface area (Å²) in [7, 11) is 6.17. The average molecular weight is 331 g/mol. The first-order chi connectivity index (χ1) is 11.5. The van der Waals surface area contributed by atoms with Crippen LogP contribution in [0.5, 0.6) is 0 Å². The van der Waals surface area contributed by atoms with Crippen LogP contribution < -0.4 is 4.90 Å². The van der Waals surface area contributed by atoms with Gasteiger partial charge in [0.2, 0.25) is 5.91 Å². The fraction of sp³-hybridized carbons (Fsp3) is 0.444. The van der Waals surface area contributed by atoms with Gasteiger partial charge in [-0.3, -0.25) is 9.59 Å². The molecule has 2 atom stereocenters. The van der Waals surface area contributed by atoms with Crippen LogP contribution in [0.25, 0.3) is 0 Å².